The molecule has 23 heavy (non-hydrogen) atoms. The van der Waals surface area contributed by atoms with Crippen molar-refractivity contribution in [2.24, 2.45) is 0 Å². The number of carbonyl (C=O) groups excluding carboxylic acids is 2. The summed E-state index contributed by atoms with van der Waals surface area (Å²) in [5, 5.41) is 0.883. The summed E-state index contributed by atoms with van der Waals surface area (Å²) in [6, 6.07) is 4.89. The van der Waals surface area contributed by atoms with Crippen molar-refractivity contribution in [1.29, 1.82) is 0 Å². The fraction of sp³-hybridized carbons (Fsp3) is 0.500. The first-order valence-corrected chi connectivity index (χ1v) is 8.30. The minimum Gasteiger partial charge on any atom is -0.479 e. The van der Waals surface area contributed by atoms with Gasteiger partial charge in [-0.25, -0.2) is 0 Å². The van der Waals surface area contributed by atoms with E-state index in [9.17, 15) is 9.59 Å². The van der Waals surface area contributed by atoms with Crippen LogP contribution in [-0.4, -0.2) is 53.9 Å². The van der Waals surface area contributed by atoms with Gasteiger partial charge < -0.3 is 14.5 Å². The smallest absolute Gasteiger partial charge is 0.263 e. The number of benzene rings is 1. The molecule has 1 fully saturated rings. The van der Waals surface area contributed by atoms with E-state index in [0.29, 0.717) is 42.0 Å². The molecule has 1 saturated heterocycles. The number of carbonyl (C=O) groups is 2. The second-order valence-electron chi connectivity index (χ2n) is 5.52. The van der Waals surface area contributed by atoms with Gasteiger partial charge in [0, 0.05) is 38.1 Å². The van der Waals surface area contributed by atoms with Crippen molar-refractivity contribution in [2.45, 2.75) is 26.4 Å². The SMILES string of the molecule is CC(=O)N1CCCN(C(=O)C(C)Oc2ccc(Cl)cc2Cl)CC1. The van der Waals surface area contributed by atoms with Crippen LogP contribution in [0.3, 0.4) is 0 Å². The summed E-state index contributed by atoms with van der Waals surface area (Å²) >= 11 is 11.9. The Morgan fingerprint density at radius 3 is 2.43 bits per heavy atom. The lowest BCUT2D eigenvalue weighted by molar-refractivity contribution is -0.138. The van der Waals surface area contributed by atoms with Crippen molar-refractivity contribution in [1.82, 2.24) is 9.80 Å². The van der Waals surface area contributed by atoms with E-state index < -0.39 is 6.10 Å². The second-order valence-corrected chi connectivity index (χ2v) is 6.36. The molecule has 0 spiro atoms. The van der Waals surface area contributed by atoms with Crippen LogP contribution >= 0.6 is 23.2 Å². The third-order valence-corrected chi connectivity index (χ3v) is 4.33. The predicted molar refractivity (Wildman–Crippen MR) is 90.0 cm³/mol. The molecule has 1 aliphatic heterocycles. The number of amides is 2. The molecule has 1 aromatic carbocycles. The van der Waals surface area contributed by atoms with Gasteiger partial charge in [0.05, 0.1) is 5.02 Å². The maximum absolute atomic E-state index is 12.5. The van der Waals surface area contributed by atoms with Crippen LogP contribution in [-0.2, 0) is 9.59 Å². The summed E-state index contributed by atoms with van der Waals surface area (Å²) in [5.41, 5.74) is 0. The third-order valence-electron chi connectivity index (χ3n) is 3.80. The highest BCUT2D eigenvalue weighted by atomic mass is 35.5. The third kappa shape index (κ3) is 4.75. The zero-order valence-electron chi connectivity index (χ0n) is 13.2. The van der Waals surface area contributed by atoms with E-state index in [-0.39, 0.29) is 11.8 Å². The highest BCUT2D eigenvalue weighted by molar-refractivity contribution is 6.35. The number of ether oxygens (including phenoxy) is 1. The van der Waals surface area contributed by atoms with Crippen LogP contribution in [0.1, 0.15) is 20.3 Å². The van der Waals surface area contributed by atoms with Gasteiger partial charge >= 0.3 is 0 Å². The molecule has 1 atom stereocenters. The molecule has 126 valence electrons. The molecule has 2 amide bonds. The first-order valence-electron chi connectivity index (χ1n) is 7.54. The highest BCUT2D eigenvalue weighted by Gasteiger charge is 2.25. The van der Waals surface area contributed by atoms with Crippen LogP contribution < -0.4 is 4.74 Å². The zero-order chi connectivity index (χ0) is 17.0. The highest BCUT2D eigenvalue weighted by Crippen LogP contribution is 2.28. The molecule has 0 N–H and O–H groups in total. The predicted octanol–water partition coefficient (Wildman–Crippen LogP) is 2.84. The number of hydrogen-bond acceptors (Lipinski definition) is 3. The Balaban J connectivity index is 1.97. The van der Waals surface area contributed by atoms with Crippen LogP contribution in [0.2, 0.25) is 10.0 Å². The van der Waals surface area contributed by atoms with Crippen LogP contribution in [0.15, 0.2) is 18.2 Å². The lowest BCUT2D eigenvalue weighted by Gasteiger charge is -2.25. The van der Waals surface area contributed by atoms with Gasteiger partial charge in [-0.2, -0.15) is 0 Å². The standard InChI is InChI=1S/C16H20Cl2N2O3/c1-11(23-15-5-4-13(17)10-14(15)18)16(22)20-7-3-6-19(8-9-20)12(2)21/h4-5,10-11H,3,6-9H2,1-2H3. The summed E-state index contributed by atoms with van der Waals surface area (Å²) < 4.78 is 5.67. The van der Waals surface area contributed by atoms with E-state index in [1.807, 2.05) is 0 Å². The van der Waals surface area contributed by atoms with Crippen molar-refractivity contribution in [2.75, 3.05) is 26.2 Å². The summed E-state index contributed by atoms with van der Waals surface area (Å²) in [4.78, 5) is 27.5. The first-order chi connectivity index (χ1) is 10.9. The van der Waals surface area contributed by atoms with Crippen LogP contribution in [0.5, 0.6) is 5.75 Å². The van der Waals surface area contributed by atoms with Crippen molar-refractivity contribution >= 4 is 35.0 Å². The fourth-order valence-electron chi connectivity index (χ4n) is 2.52. The molecule has 0 radical (unpaired) electrons. The average Bonchev–Trinajstić information content (AvgIpc) is 2.75. The van der Waals surface area contributed by atoms with Crippen molar-refractivity contribution in [3.63, 3.8) is 0 Å². The largest absolute Gasteiger partial charge is 0.479 e. The molecule has 5 nitrogen and oxygen atoms in total. The monoisotopic (exact) mass is 358 g/mol. The van der Waals surface area contributed by atoms with E-state index in [1.54, 1.807) is 41.8 Å². The molecular weight excluding hydrogens is 339 g/mol. The quantitative estimate of drug-likeness (QED) is 0.834. The summed E-state index contributed by atoms with van der Waals surface area (Å²) in [5.74, 6) is 0.357. The number of nitrogens with zero attached hydrogens (tertiary/aromatic N) is 2. The van der Waals surface area contributed by atoms with Gasteiger partial charge in [0.2, 0.25) is 5.91 Å². The normalized spacial score (nSPS) is 16.7. The summed E-state index contributed by atoms with van der Waals surface area (Å²) in [6.07, 6.45) is 0.109. The van der Waals surface area contributed by atoms with Crippen LogP contribution in [0.25, 0.3) is 0 Å². The van der Waals surface area contributed by atoms with Crippen molar-refractivity contribution < 1.29 is 14.3 Å². The van der Waals surface area contributed by atoms with E-state index in [1.165, 1.54) is 0 Å². The second kappa shape index (κ2) is 7.88. The first kappa shape index (κ1) is 17.9. The molecule has 1 aromatic rings. The lowest BCUT2D eigenvalue weighted by Crippen LogP contribution is -2.42. The van der Waals surface area contributed by atoms with Gasteiger partial charge in [0.1, 0.15) is 5.75 Å². The van der Waals surface area contributed by atoms with E-state index >= 15 is 0 Å². The van der Waals surface area contributed by atoms with Crippen molar-refractivity contribution in [3.8, 4) is 5.75 Å². The molecule has 0 aromatic heterocycles. The Bertz CT molecular complexity index is 595. The van der Waals surface area contributed by atoms with Gasteiger partial charge in [-0.05, 0) is 31.5 Å². The minimum absolute atomic E-state index is 0.0385. The number of hydrogen-bond donors (Lipinski definition) is 0. The number of rotatable bonds is 3. The van der Waals surface area contributed by atoms with Crippen molar-refractivity contribution in [3.05, 3.63) is 28.2 Å². The Labute approximate surface area is 146 Å². The summed E-state index contributed by atoms with van der Waals surface area (Å²) in [6.45, 7) is 5.60. The fourth-order valence-corrected chi connectivity index (χ4v) is 2.97. The topological polar surface area (TPSA) is 49.9 Å². The van der Waals surface area contributed by atoms with Gasteiger partial charge in [-0.3, -0.25) is 9.59 Å². The molecule has 7 heteroatoms. The van der Waals surface area contributed by atoms with E-state index in [4.69, 9.17) is 27.9 Å². The Morgan fingerprint density at radius 1 is 1.13 bits per heavy atom. The summed E-state index contributed by atoms with van der Waals surface area (Å²) in [7, 11) is 0. The molecule has 1 aliphatic rings. The molecule has 2 rings (SSSR count). The van der Waals surface area contributed by atoms with Gasteiger partial charge in [-0.15, -0.1) is 0 Å². The molecule has 0 saturated carbocycles. The maximum atomic E-state index is 12.5. The minimum atomic E-state index is -0.655. The number of halogens is 2. The van der Waals surface area contributed by atoms with Crippen LogP contribution in [0.4, 0.5) is 0 Å². The van der Waals surface area contributed by atoms with E-state index in [2.05, 4.69) is 0 Å². The molecule has 1 unspecified atom stereocenters. The molecule has 0 bridgehead atoms. The van der Waals surface area contributed by atoms with E-state index in [0.717, 1.165) is 6.42 Å². The molecule has 0 aliphatic carbocycles. The Morgan fingerprint density at radius 2 is 1.78 bits per heavy atom. The Hall–Kier alpha value is -1.46. The van der Waals surface area contributed by atoms with Gasteiger partial charge in [-0.1, -0.05) is 23.2 Å². The molecular formula is C16H20Cl2N2O3. The lowest BCUT2D eigenvalue weighted by atomic mass is 10.3. The van der Waals surface area contributed by atoms with Gasteiger partial charge in [0.15, 0.2) is 6.10 Å². The molecule has 1 heterocycles. The zero-order valence-corrected chi connectivity index (χ0v) is 14.7. The Kier molecular flexibility index (Phi) is 6.13. The van der Waals surface area contributed by atoms with Crippen LogP contribution in [0, 0.1) is 0 Å². The average molecular weight is 359 g/mol. The van der Waals surface area contributed by atoms with Gasteiger partial charge in [0.25, 0.3) is 5.91 Å². The maximum Gasteiger partial charge on any atom is 0.263 e.